The zero-order chi connectivity index (χ0) is 12.6. The summed E-state index contributed by atoms with van der Waals surface area (Å²) in [4.78, 5) is 0. The van der Waals surface area contributed by atoms with E-state index in [0.717, 1.165) is 7.11 Å². The zero-order valence-electron chi connectivity index (χ0n) is 10.0. The number of epoxide rings is 1. The molecule has 1 fully saturated rings. The normalized spacial score (nSPS) is 17.2. The van der Waals surface area contributed by atoms with E-state index in [2.05, 4.69) is 9.47 Å². The first-order valence-corrected chi connectivity index (χ1v) is 4.30. The summed E-state index contributed by atoms with van der Waals surface area (Å²) in [6.07, 6.45) is -5.28. The van der Waals surface area contributed by atoms with Crippen LogP contribution in [0.15, 0.2) is 0 Å². The van der Waals surface area contributed by atoms with E-state index in [-0.39, 0.29) is 12.7 Å². The number of alkyl halides is 2. The van der Waals surface area contributed by atoms with Crippen LogP contribution in [0.25, 0.3) is 0 Å². The maximum absolute atomic E-state index is 11.3. The van der Waals surface area contributed by atoms with Crippen LogP contribution in [-0.4, -0.2) is 50.9 Å². The molecule has 0 amide bonds. The number of hydrogen-bond donors (Lipinski definition) is 1. The van der Waals surface area contributed by atoms with Crippen molar-refractivity contribution < 1.29 is 36.9 Å². The molecule has 1 aliphatic heterocycles. The summed E-state index contributed by atoms with van der Waals surface area (Å²) in [5.41, 5.74) is 0. The van der Waals surface area contributed by atoms with E-state index in [1.807, 2.05) is 0 Å². The Morgan fingerprint density at radius 3 is 2.11 bits per heavy atom. The molecule has 0 aromatic heterocycles. The molecule has 1 aliphatic rings. The third kappa shape index (κ3) is 19.2. The Morgan fingerprint density at radius 1 is 1.39 bits per heavy atom. The molecule has 102 valence electrons. The smallest absolute Gasteiger partial charge is 0.376 e. The van der Waals surface area contributed by atoms with Crippen LogP contribution in [0.3, 0.4) is 0 Å². The summed E-state index contributed by atoms with van der Waals surface area (Å²) in [6.45, 7) is -0.557. The Labute approximate surface area is 90.1 Å². The predicted octanol–water partition coefficient (Wildman–Crippen LogP) is 1.05. The average Bonchev–Trinajstić information content (AvgIpc) is 2.86. The summed E-state index contributed by atoms with van der Waals surface area (Å²) in [5.74, 6) is 0. The molecular weight excluding hydrogens is 770 g/mol. The monoisotopic (exact) mass is 783 g/mol. The summed E-state index contributed by atoms with van der Waals surface area (Å²) >= 11 is 0. The van der Waals surface area contributed by atoms with Crippen LogP contribution in [0.2, 0.25) is 0 Å². The Bertz CT molecular complexity index is 177. The van der Waals surface area contributed by atoms with Gasteiger partial charge in [0.2, 0.25) is 0 Å². The van der Waals surface area contributed by atoms with Gasteiger partial charge >= 0.3 is 6.11 Å². The minimum absolute atomic E-state index is 0. The first-order valence-electron chi connectivity index (χ1n) is 4.30. The Hall–Kier alpha value is -2.44. The van der Waals surface area contributed by atoms with E-state index >= 15 is 0 Å². The van der Waals surface area contributed by atoms with E-state index in [1.165, 1.54) is 0 Å². The fraction of sp³-hybridized carbons (Fsp3) is 0.875. The van der Waals surface area contributed by atoms with Crippen LogP contribution in [0.4, 0.5) is 17.6 Å². The van der Waals surface area contributed by atoms with Gasteiger partial charge in [0, 0.05) is 13.5 Å². The molecule has 0 radical (unpaired) electrons. The Kier molecular flexibility index (Phi) is 11.3. The molecule has 0 bridgehead atoms. The maximum Gasteiger partial charge on any atom is 0.376 e. The van der Waals surface area contributed by atoms with Gasteiger partial charge in [-0.1, -0.05) is 0 Å². The van der Waals surface area contributed by atoms with Crippen LogP contribution in [0.5, 0.6) is 0 Å². The van der Waals surface area contributed by atoms with Crippen molar-refractivity contribution in [3.8, 4) is 0 Å². The van der Waals surface area contributed by atoms with E-state index in [0.29, 0.717) is 6.61 Å². The van der Waals surface area contributed by atoms with Gasteiger partial charge in [0.05, 0.1) is 13.2 Å². The molecule has 0 spiro atoms. The largest absolute Gasteiger partial charge is 0.419 e. The predicted molar refractivity (Wildman–Crippen MR) is 45.1 cm³/mol. The van der Waals surface area contributed by atoms with E-state index in [1.54, 1.807) is 0 Å². The molecule has 18 heavy (non-hydrogen) atoms. The molecule has 0 aliphatic carbocycles. The van der Waals surface area contributed by atoms with Gasteiger partial charge < -0.3 is 28.1 Å². The van der Waals surface area contributed by atoms with Gasteiger partial charge in [-0.25, -0.2) is 0 Å². The number of hydrogen-bond acceptors (Lipinski definition) is 4. The van der Waals surface area contributed by atoms with E-state index in [4.69, 9.17) is 9.84 Å². The Balaban J connectivity index is -0.000000232. The van der Waals surface area contributed by atoms with Gasteiger partial charge in [-0.2, -0.15) is 8.78 Å². The number of aliphatic hydroxyl groups is 1. The summed E-state index contributed by atoms with van der Waals surface area (Å²) in [7, 11) is 1.09. The van der Waals surface area contributed by atoms with Crippen molar-refractivity contribution >= 4 is 0 Å². The quantitative estimate of drug-likeness (QED) is 0.249. The average molecular weight is 783 g/mol. The first kappa shape index (κ1) is 20.9. The van der Waals surface area contributed by atoms with Crippen LogP contribution in [0.1, 0.15) is 0 Å². The van der Waals surface area contributed by atoms with Crippen molar-refractivity contribution in [3.63, 3.8) is 0 Å². The molecule has 4 nitrogen and oxygen atoms in total. The number of rotatable bonds is 6. The molecule has 1 rings (SSSR count). The van der Waals surface area contributed by atoms with Gasteiger partial charge in [-0.15, -0.1) is 0 Å². The molecule has 1 unspecified atom stereocenters. The van der Waals surface area contributed by atoms with Crippen molar-refractivity contribution in [3.05, 3.63) is 6.43 Å². The summed E-state index contributed by atoms with van der Waals surface area (Å²) in [5, 5.41) is 7.56. The van der Waals surface area contributed by atoms with Gasteiger partial charge in [-0.05, 0) is 6.61 Å². The molecule has 10 heteroatoms. The zero-order valence-corrected chi connectivity index (χ0v) is 22.8. The minimum Gasteiger partial charge on any atom is -0.419 e. The van der Waals surface area contributed by atoms with Gasteiger partial charge in [0.15, 0.2) is 0 Å². The maximum atomic E-state index is 11.3. The van der Waals surface area contributed by atoms with Crippen LogP contribution >= 0.6 is 0 Å². The Morgan fingerprint density at radius 2 is 1.89 bits per heavy atom. The topological polar surface area (TPSA) is 51.2 Å². The SMILES string of the molecule is COCC(O)(F)F.F[C-](F)COCC1CO1.[Rf].[Rf]. The van der Waals surface area contributed by atoms with Gasteiger partial charge in [0.25, 0.3) is 0 Å². The second-order valence-electron chi connectivity index (χ2n) is 2.91. The molecule has 1 saturated heterocycles. The number of ether oxygens (including phenoxy) is 3. The molecule has 0 saturated carbocycles. The van der Waals surface area contributed by atoms with Gasteiger partial charge in [0.1, 0.15) is 12.7 Å². The molecular formula is C8H13F4O4Rf2-. The fourth-order valence-electron chi connectivity index (χ4n) is 0.605. The van der Waals surface area contributed by atoms with Crippen molar-refractivity contribution in [1.82, 2.24) is 0 Å². The van der Waals surface area contributed by atoms with E-state index in [9.17, 15) is 17.6 Å². The van der Waals surface area contributed by atoms with Crippen molar-refractivity contribution in [1.29, 1.82) is 0 Å². The summed E-state index contributed by atoms with van der Waals surface area (Å²) < 4.78 is 57.9. The molecule has 1 N–H and O–H groups in total. The third-order valence-electron chi connectivity index (χ3n) is 1.24. The number of halogens is 4. The molecule has 1 heterocycles. The minimum atomic E-state index is -3.67. The van der Waals surface area contributed by atoms with Crippen LogP contribution in [-0.2, 0) is 14.2 Å². The van der Waals surface area contributed by atoms with Crippen molar-refractivity contribution in [2.24, 2.45) is 0 Å². The first-order chi connectivity index (χ1) is 7.35. The van der Waals surface area contributed by atoms with Crippen molar-refractivity contribution in [2.75, 3.05) is 33.5 Å². The standard InChI is InChI=1S/C5H7F2O2.C3H6F2O2.2Rf/c6-5(7)3-8-1-4-2-9-4;1-7-2-3(4,5)6;;/h4H,1-3H2;6H,2H2,1H3;;/q-1;;;. The second kappa shape index (κ2) is 9.76. The van der Waals surface area contributed by atoms with Crippen LogP contribution in [0, 0.1) is 6.43 Å². The summed E-state index contributed by atoms with van der Waals surface area (Å²) in [6, 6.07) is 0. The molecule has 1 atom stereocenters. The fourth-order valence-corrected chi connectivity index (χ4v) is 0.605. The second-order valence-corrected chi connectivity index (χ2v) is 2.91. The van der Waals surface area contributed by atoms with Crippen molar-refractivity contribution in [2.45, 2.75) is 12.2 Å². The van der Waals surface area contributed by atoms with Gasteiger partial charge in [-0.3, -0.25) is 0 Å². The van der Waals surface area contributed by atoms with Crippen LogP contribution < -0.4 is 0 Å². The third-order valence-corrected chi connectivity index (χ3v) is 1.24. The number of methoxy groups -OCH3 is 1. The van der Waals surface area contributed by atoms with E-state index < -0.39 is 25.7 Å². The molecule has 0 aromatic carbocycles. The molecule has 0 aromatic rings.